The van der Waals surface area contributed by atoms with E-state index in [9.17, 15) is 23.4 Å². The molecule has 158 valence electrons. The fraction of sp³-hybridized carbons (Fsp3) is 0.474. The monoisotopic (exact) mass is 412 g/mol. The summed E-state index contributed by atoms with van der Waals surface area (Å²) >= 11 is 0. The molecule has 3 rings (SSSR count). The molecule has 0 radical (unpaired) electrons. The number of halogens is 3. The van der Waals surface area contributed by atoms with Gasteiger partial charge < -0.3 is 25.6 Å². The van der Waals surface area contributed by atoms with Gasteiger partial charge in [-0.1, -0.05) is 30.3 Å². The van der Waals surface area contributed by atoms with Crippen molar-refractivity contribution in [2.24, 2.45) is 0 Å². The fourth-order valence-corrected chi connectivity index (χ4v) is 3.47. The van der Waals surface area contributed by atoms with Gasteiger partial charge in [0, 0.05) is 13.0 Å². The summed E-state index contributed by atoms with van der Waals surface area (Å²) < 4.78 is 44.5. The van der Waals surface area contributed by atoms with Crippen LogP contribution in [0.1, 0.15) is 11.3 Å². The van der Waals surface area contributed by atoms with Crippen LogP contribution in [0.3, 0.4) is 0 Å². The average Bonchev–Trinajstić information content (AvgIpc) is 2.69. The molecular weight excluding hydrogens is 389 g/mol. The quantitative estimate of drug-likeness (QED) is 0.566. The highest BCUT2D eigenvalue weighted by Gasteiger charge is 2.49. The Morgan fingerprint density at radius 2 is 1.93 bits per heavy atom. The first kappa shape index (κ1) is 21.4. The summed E-state index contributed by atoms with van der Waals surface area (Å²) in [6.07, 6.45) is -5.14. The van der Waals surface area contributed by atoms with Crippen molar-refractivity contribution in [3.8, 4) is 0 Å². The number of aromatic nitrogens is 2. The SMILES string of the molecule is CNC[C@@]1(Cc2ccccc2)OC[C@H](Nc2cncc(C(F)(F)F)n2)[C@@H](O)[C@H]1O. The molecule has 2 heterocycles. The van der Waals surface area contributed by atoms with E-state index in [1.54, 1.807) is 7.05 Å². The summed E-state index contributed by atoms with van der Waals surface area (Å²) in [5, 5.41) is 27.2. The first-order valence-corrected chi connectivity index (χ1v) is 9.09. The zero-order valence-corrected chi connectivity index (χ0v) is 15.7. The Bertz CT molecular complexity index is 809. The van der Waals surface area contributed by atoms with E-state index in [1.807, 2.05) is 30.3 Å². The van der Waals surface area contributed by atoms with E-state index in [2.05, 4.69) is 20.6 Å². The van der Waals surface area contributed by atoms with E-state index in [-0.39, 0.29) is 19.0 Å². The number of hydrogen-bond acceptors (Lipinski definition) is 7. The van der Waals surface area contributed by atoms with Crippen molar-refractivity contribution in [2.45, 2.75) is 36.4 Å². The van der Waals surface area contributed by atoms with Crippen LogP contribution in [-0.2, 0) is 17.3 Å². The third-order valence-electron chi connectivity index (χ3n) is 4.91. The second-order valence-electron chi connectivity index (χ2n) is 7.04. The molecule has 10 heteroatoms. The van der Waals surface area contributed by atoms with Gasteiger partial charge in [-0.25, -0.2) is 4.98 Å². The van der Waals surface area contributed by atoms with Crippen LogP contribution in [0.4, 0.5) is 19.0 Å². The molecule has 1 aromatic carbocycles. The Morgan fingerprint density at radius 3 is 2.59 bits per heavy atom. The number of nitrogens with one attached hydrogen (secondary N) is 2. The van der Waals surface area contributed by atoms with Crippen LogP contribution in [0.5, 0.6) is 0 Å². The maximum absolute atomic E-state index is 12.8. The van der Waals surface area contributed by atoms with E-state index in [1.165, 1.54) is 0 Å². The second-order valence-corrected chi connectivity index (χ2v) is 7.04. The van der Waals surface area contributed by atoms with Crippen LogP contribution in [-0.4, -0.2) is 64.2 Å². The van der Waals surface area contributed by atoms with Crippen LogP contribution >= 0.6 is 0 Å². The second kappa shape index (κ2) is 8.62. The van der Waals surface area contributed by atoms with Crippen molar-refractivity contribution >= 4 is 5.82 Å². The zero-order valence-electron chi connectivity index (χ0n) is 15.7. The van der Waals surface area contributed by atoms with Crippen LogP contribution in [0.15, 0.2) is 42.7 Å². The van der Waals surface area contributed by atoms with Crippen LogP contribution < -0.4 is 10.6 Å². The molecule has 1 fully saturated rings. The summed E-state index contributed by atoms with van der Waals surface area (Å²) in [7, 11) is 1.71. The summed E-state index contributed by atoms with van der Waals surface area (Å²) in [6, 6.07) is 8.53. The normalized spacial score (nSPS) is 27.6. The minimum Gasteiger partial charge on any atom is -0.388 e. The lowest BCUT2D eigenvalue weighted by molar-refractivity contribution is -0.198. The first-order chi connectivity index (χ1) is 13.7. The molecule has 0 amide bonds. The van der Waals surface area contributed by atoms with Crippen molar-refractivity contribution in [2.75, 3.05) is 25.5 Å². The highest BCUT2D eigenvalue weighted by atomic mass is 19.4. The van der Waals surface area contributed by atoms with Crippen molar-refractivity contribution in [3.63, 3.8) is 0 Å². The van der Waals surface area contributed by atoms with Gasteiger partial charge in [-0.15, -0.1) is 0 Å². The average molecular weight is 412 g/mol. The molecule has 0 aliphatic carbocycles. The van der Waals surface area contributed by atoms with E-state index >= 15 is 0 Å². The van der Waals surface area contributed by atoms with E-state index in [4.69, 9.17) is 4.74 Å². The number of ether oxygens (including phenoxy) is 1. The van der Waals surface area contributed by atoms with Crippen LogP contribution in [0.25, 0.3) is 0 Å². The predicted molar refractivity (Wildman–Crippen MR) is 99.2 cm³/mol. The third kappa shape index (κ3) is 4.84. The molecule has 0 unspecified atom stereocenters. The van der Waals surface area contributed by atoms with Gasteiger partial charge in [0.05, 0.1) is 25.0 Å². The number of aliphatic hydroxyl groups excluding tert-OH is 2. The van der Waals surface area contributed by atoms with E-state index in [0.717, 1.165) is 11.8 Å². The van der Waals surface area contributed by atoms with Gasteiger partial charge in [-0.3, -0.25) is 4.98 Å². The molecule has 7 nitrogen and oxygen atoms in total. The highest BCUT2D eigenvalue weighted by molar-refractivity contribution is 5.35. The molecule has 0 bridgehead atoms. The van der Waals surface area contributed by atoms with E-state index < -0.39 is 35.7 Å². The number of anilines is 1. The molecule has 1 aliphatic heterocycles. The molecule has 29 heavy (non-hydrogen) atoms. The molecule has 1 aliphatic rings. The van der Waals surface area contributed by atoms with Gasteiger partial charge in [-0.2, -0.15) is 13.2 Å². The summed E-state index contributed by atoms with van der Waals surface area (Å²) in [4.78, 5) is 7.01. The van der Waals surface area contributed by atoms with Gasteiger partial charge in [-0.05, 0) is 12.6 Å². The lowest BCUT2D eigenvalue weighted by atomic mass is 9.81. The molecular formula is C19H23F3N4O3. The molecule has 0 saturated carbocycles. The number of nitrogens with zero attached hydrogens (tertiary/aromatic N) is 2. The maximum atomic E-state index is 12.8. The molecule has 4 N–H and O–H groups in total. The number of benzene rings is 1. The van der Waals surface area contributed by atoms with Crippen molar-refractivity contribution in [3.05, 3.63) is 54.0 Å². The van der Waals surface area contributed by atoms with Crippen LogP contribution in [0, 0.1) is 0 Å². The Labute approximate surface area is 166 Å². The van der Waals surface area contributed by atoms with Crippen molar-refractivity contribution in [1.82, 2.24) is 15.3 Å². The largest absolute Gasteiger partial charge is 0.434 e. The number of alkyl halides is 3. The highest BCUT2D eigenvalue weighted by Crippen LogP contribution is 2.31. The van der Waals surface area contributed by atoms with Gasteiger partial charge in [0.1, 0.15) is 23.6 Å². The summed E-state index contributed by atoms with van der Waals surface area (Å²) in [6.45, 7) is 0.237. The Balaban J connectivity index is 1.76. The predicted octanol–water partition coefficient (Wildman–Crippen LogP) is 1.23. The van der Waals surface area contributed by atoms with Crippen molar-refractivity contribution < 1.29 is 28.1 Å². The number of aliphatic hydroxyl groups is 2. The maximum Gasteiger partial charge on any atom is 0.434 e. The molecule has 1 aromatic heterocycles. The van der Waals surface area contributed by atoms with Gasteiger partial charge in [0.15, 0.2) is 5.69 Å². The topological polar surface area (TPSA) is 99.5 Å². The van der Waals surface area contributed by atoms with Crippen molar-refractivity contribution in [1.29, 1.82) is 0 Å². The standard InChI is InChI=1S/C19H23F3N4O3/c1-23-11-18(7-12-5-3-2-4-6-12)17(28)16(27)13(10-29-18)25-15-9-24-8-14(26-15)19(20,21)22/h2-6,8-9,13,16-17,23,27-28H,7,10-11H2,1H3,(H,25,26)/t13-,16+,17+,18+/m0/s1. The number of likely N-dealkylation sites (N-methyl/N-ethyl adjacent to an activating group) is 1. The zero-order chi connectivity index (χ0) is 21.1. The third-order valence-corrected chi connectivity index (χ3v) is 4.91. The van der Waals surface area contributed by atoms with E-state index in [0.29, 0.717) is 12.6 Å². The molecule has 2 aromatic rings. The lowest BCUT2D eigenvalue weighted by Gasteiger charge is -2.47. The molecule has 0 spiro atoms. The van der Waals surface area contributed by atoms with Gasteiger partial charge >= 0.3 is 6.18 Å². The Morgan fingerprint density at radius 1 is 1.21 bits per heavy atom. The molecule has 4 atom stereocenters. The summed E-state index contributed by atoms with van der Waals surface area (Å²) in [5.74, 6) is -0.163. The summed E-state index contributed by atoms with van der Waals surface area (Å²) in [5.41, 5.74) is -1.32. The number of rotatable bonds is 6. The Hall–Kier alpha value is -2.27. The fourth-order valence-electron chi connectivity index (χ4n) is 3.47. The number of hydrogen-bond donors (Lipinski definition) is 4. The van der Waals surface area contributed by atoms with Crippen LogP contribution in [0.2, 0.25) is 0 Å². The minimum absolute atomic E-state index is 0.0370. The lowest BCUT2D eigenvalue weighted by Crippen LogP contribution is -2.66. The Kier molecular flexibility index (Phi) is 6.37. The van der Waals surface area contributed by atoms with Gasteiger partial charge in [0.2, 0.25) is 0 Å². The minimum atomic E-state index is -4.64. The smallest absolute Gasteiger partial charge is 0.388 e. The first-order valence-electron chi connectivity index (χ1n) is 9.09. The van der Waals surface area contributed by atoms with Gasteiger partial charge in [0.25, 0.3) is 0 Å². The molecule has 1 saturated heterocycles.